The normalized spacial score (nSPS) is 23.1. The van der Waals surface area contributed by atoms with Crippen LogP contribution < -0.4 is 10.6 Å². The molecule has 1 aliphatic heterocycles. The van der Waals surface area contributed by atoms with Crippen LogP contribution in [0.2, 0.25) is 0 Å². The summed E-state index contributed by atoms with van der Waals surface area (Å²) < 4.78 is 0. The first-order chi connectivity index (χ1) is 8.49. The average molecular weight is 249 g/mol. The van der Waals surface area contributed by atoms with Crippen molar-refractivity contribution in [3.8, 4) is 0 Å². The molecule has 0 bridgehead atoms. The number of carboxylic acids is 1. The van der Waals surface area contributed by atoms with Gasteiger partial charge in [0.1, 0.15) is 5.82 Å². The number of carbonyl (C=O) groups is 2. The molecule has 1 amide bonds. The molecule has 0 aliphatic carbocycles. The highest BCUT2D eigenvalue weighted by Crippen LogP contribution is 2.27. The van der Waals surface area contributed by atoms with E-state index >= 15 is 0 Å². The molecule has 2 atom stereocenters. The zero-order valence-corrected chi connectivity index (χ0v) is 10.0. The first kappa shape index (κ1) is 12.3. The number of amides is 1. The lowest BCUT2D eigenvalue weighted by molar-refractivity contribution is -0.142. The number of rotatable bonds is 3. The Labute approximate surface area is 104 Å². The maximum atomic E-state index is 11.1. The standard InChI is InChI=1S/C12H15N3O3/c1-7-5-15(6-9(7)12(17)18)10-4-8(11(13)16)2-3-14-10/h2-4,7,9H,5-6H2,1H3,(H2,13,16)(H,17,18). The Balaban J connectivity index is 2.21. The van der Waals surface area contributed by atoms with Crippen molar-refractivity contribution in [1.82, 2.24) is 4.98 Å². The fraction of sp³-hybridized carbons (Fsp3) is 0.417. The summed E-state index contributed by atoms with van der Waals surface area (Å²) in [6.07, 6.45) is 1.51. The van der Waals surface area contributed by atoms with Gasteiger partial charge in [0.2, 0.25) is 5.91 Å². The molecule has 6 heteroatoms. The van der Waals surface area contributed by atoms with Crippen LogP contribution in [0.5, 0.6) is 0 Å². The van der Waals surface area contributed by atoms with E-state index in [4.69, 9.17) is 10.8 Å². The van der Waals surface area contributed by atoms with Crippen molar-refractivity contribution in [2.24, 2.45) is 17.6 Å². The molecule has 3 N–H and O–H groups in total. The van der Waals surface area contributed by atoms with Crippen molar-refractivity contribution >= 4 is 17.7 Å². The van der Waals surface area contributed by atoms with Gasteiger partial charge in [-0.1, -0.05) is 6.92 Å². The maximum Gasteiger partial charge on any atom is 0.308 e. The number of aromatic nitrogens is 1. The van der Waals surface area contributed by atoms with Gasteiger partial charge < -0.3 is 15.7 Å². The molecule has 1 fully saturated rings. The summed E-state index contributed by atoms with van der Waals surface area (Å²) in [7, 11) is 0. The molecule has 0 spiro atoms. The van der Waals surface area contributed by atoms with Gasteiger partial charge in [-0.2, -0.15) is 0 Å². The summed E-state index contributed by atoms with van der Waals surface area (Å²) in [5, 5.41) is 9.07. The molecule has 2 heterocycles. The lowest BCUT2D eigenvalue weighted by atomic mass is 9.99. The Morgan fingerprint density at radius 2 is 2.22 bits per heavy atom. The van der Waals surface area contributed by atoms with E-state index in [-0.39, 0.29) is 5.92 Å². The van der Waals surface area contributed by atoms with Gasteiger partial charge in [-0.3, -0.25) is 9.59 Å². The summed E-state index contributed by atoms with van der Waals surface area (Å²) in [5.74, 6) is -1.05. The SMILES string of the molecule is CC1CN(c2cc(C(N)=O)ccn2)CC1C(=O)O. The summed E-state index contributed by atoms with van der Waals surface area (Å²) >= 11 is 0. The Bertz CT molecular complexity index is 489. The smallest absolute Gasteiger partial charge is 0.308 e. The van der Waals surface area contributed by atoms with E-state index in [1.54, 1.807) is 12.1 Å². The third kappa shape index (κ3) is 2.27. The molecule has 0 radical (unpaired) electrons. The van der Waals surface area contributed by atoms with E-state index in [1.165, 1.54) is 6.20 Å². The number of hydrogen-bond acceptors (Lipinski definition) is 4. The molecule has 1 aromatic heterocycles. The van der Waals surface area contributed by atoms with Crippen molar-refractivity contribution < 1.29 is 14.7 Å². The fourth-order valence-corrected chi connectivity index (χ4v) is 2.22. The van der Waals surface area contributed by atoms with Gasteiger partial charge in [-0.25, -0.2) is 4.98 Å². The molecule has 2 unspecified atom stereocenters. The minimum atomic E-state index is -0.795. The molecule has 18 heavy (non-hydrogen) atoms. The molecule has 1 aliphatic rings. The van der Waals surface area contributed by atoms with Crippen LogP contribution in [0, 0.1) is 11.8 Å². The number of primary amides is 1. The van der Waals surface area contributed by atoms with Crippen molar-refractivity contribution in [2.45, 2.75) is 6.92 Å². The second kappa shape index (κ2) is 4.64. The van der Waals surface area contributed by atoms with Crippen LogP contribution in [0.25, 0.3) is 0 Å². The first-order valence-corrected chi connectivity index (χ1v) is 5.72. The van der Waals surface area contributed by atoms with Gasteiger partial charge in [-0.15, -0.1) is 0 Å². The fourth-order valence-electron chi connectivity index (χ4n) is 2.22. The molecule has 0 saturated carbocycles. The minimum Gasteiger partial charge on any atom is -0.481 e. The Morgan fingerprint density at radius 1 is 1.50 bits per heavy atom. The number of aliphatic carboxylic acids is 1. The lowest BCUT2D eigenvalue weighted by Gasteiger charge is -2.17. The summed E-state index contributed by atoms with van der Waals surface area (Å²) in [6.45, 7) is 2.93. The average Bonchev–Trinajstić information content (AvgIpc) is 2.71. The number of anilines is 1. The van der Waals surface area contributed by atoms with E-state index in [0.717, 1.165) is 0 Å². The van der Waals surface area contributed by atoms with Gasteiger partial charge in [0.05, 0.1) is 5.92 Å². The molecular weight excluding hydrogens is 234 g/mol. The third-order valence-electron chi connectivity index (χ3n) is 3.28. The highest BCUT2D eigenvalue weighted by molar-refractivity contribution is 5.93. The third-order valence-corrected chi connectivity index (χ3v) is 3.28. The number of carboxylic acid groups (broad SMARTS) is 1. The second-order valence-electron chi connectivity index (χ2n) is 4.59. The van der Waals surface area contributed by atoms with Crippen molar-refractivity contribution in [3.05, 3.63) is 23.9 Å². The number of hydrogen-bond donors (Lipinski definition) is 2. The second-order valence-corrected chi connectivity index (χ2v) is 4.59. The Hall–Kier alpha value is -2.11. The predicted octanol–water partition coefficient (Wildman–Crippen LogP) is 0.337. The molecule has 0 aromatic carbocycles. The topological polar surface area (TPSA) is 96.5 Å². The number of nitrogens with two attached hydrogens (primary N) is 1. The van der Waals surface area contributed by atoms with Crippen LogP contribution in [0.1, 0.15) is 17.3 Å². The first-order valence-electron chi connectivity index (χ1n) is 5.72. The zero-order valence-electron chi connectivity index (χ0n) is 10.0. The van der Waals surface area contributed by atoms with Gasteiger partial charge in [0.25, 0.3) is 0 Å². The number of carbonyl (C=O) groups excluding carboxylic acids is 1. The zero-order chi connectivity index (χ0) is 13.3. The molecule has 6 nitrogen and oxygen atoms in total. The van der Waals surface area contributed by atoms with Crippen molar-refractivity contribution in [3.63, 3.8) is 0 Å². The van der Waals surface area contributed by atoms with Crippen LogP contribution in [-0.4, -0.2) is 35.1 Å². The van der Waals surface area contributed by atoms with Gasteiger partial charge in [-0.05, 0) is 18.1 Å². The Kier molecular flexibility index (Phi) is 3.18. The van der Waals surface area contributed by atoms with Crippen molar-refractivity contribution in [1.29, 1.82) is 0 Å². The quantitative estimate of drug-likeness (QED) is 0.805. The van der Waals surface area contributed by atoms with Crippen LogP contribution in [-0.2, 0) is 4.79 Å². The van der Waals surface area contributed by atoms with Crippen molar-refractivity contribution in [2.75, 3.05) is 18.0 Å². The molecule has 1 aromatic rings. The lowest BCUT2D eigenvalue weighted by Crippen LogP contribution is -2.24. The predicted molar refractivity (Wildman–Crippen MR) is 65.3 cm³/mol. The monoisotopic (exact) mass is 249 g/mol. The van der Waals surface area contributed by atoms with E-state index in [1.807, 2.05) is 11.8 Å². The van der Waals surface area contributed by atoms with E-state index in [0.29, 0.717) is 24.5 Å². The van der Waals surface area contributed by atoms with Crippen LogP contribution in [0.3, 0.4) is 0 Å². The highest BCUT2D eigenvalue weighted by Gasteiger charge is 2.35. The minimum absolute atomic E-state index is 0.0570. The molecular formula is C12H15N3O3. The number of pyridine rings is 1. The van der Waals surface area contributed by atoms with Crippen LogP contribution in [0.15, 0.2) is 18.3 Å². The van der Waals surface area contributed by atoms with Gasteiger partial charge in [0, 0.05) is 24.8 Å². The van der Waals surface area contributed by atoms with E-state index in [2.05, 4.69) is 4.98 Å². The van der Waals surface area contributed by atoms with Gasteiger partial charge in [0.15, 0.2) is 0 Å². The molecule has 2 rings (SSSR count). The summed E-state index contributed by atoms with van der Waals surface area (Å²) in [5.41, 5.74) is 5.59. The van der Waals surface area contributed by atoms with Crippen LogP contribution in [0.4, 0.5) is 5.82 Å². The number of nitrogens with zero attached hydrogens (tertiary/aromatic N) is 2. The summed E-state index contributed by atoms with van der Waals surface area (Å²) in [4.78, 5) is 28.2. The van der Waals surface area contributed by atoms with Gasteiger partial charge >= 0.3 is 5.97 Å². The maximum absolute atomic E-state index is 11.1. The van der Waals surface area contributed by atoms with E-state index < -0.39 is 17.8 Å². The van der Waals surface area contributed by atoms with Crippen LogP contribution >= 0.6 is 0 Å². The summed E-state index contributed by atoms with van der Waals surface area (Å²) in [6, 6.07) is 3.14. The highest BCUT2D eigenvalue weighted by atomic mass is 16.4. The Morgan fingerprint density at radius 3 is 2.78 bits per heavy atom. The van der Waals surface area contributed by atoms with E-state index in [9.17, 15) is 9.59 Å². The molecule has 96 valence electrons. The molecule has 1 saturated heterocycles. The largest absolute Gasteiger partial charge is 0.481 e.